The number of amides is 1. The predicted molar refractivity (Wildman–Crippen MR) is 54.7 cm³/mol. The average molecular weight is 200 g/mol. The number of nitrogens with two attached hydrogens (primary N) is 1. The molecule has 1 aliphatic rings. The minimum atomic E-state index is -0.00727. The van der Waals surface area contributed by atoms with Gasteiger partial charge in [-0.2, -0.15) is 0 Å². The van der Waals surface area contributed by atoms with Crippen LogP contribution in [0.1, 0.15) is 26.2 Å². The van der Waals surface area contributed by atoms with Gasteiger partial charge in [-0.05, 0) is 25.8 Å². The fraction of sp³-hybridized carbons (Fsp3) is 0.900. The van der Waals surface area contributed by atoms with Crippen molar-refractivity contribution in [3.05, 3.63) is 0 Å². The normalized spacial score (nSPS) is 23.9. The lowest BCUT2D eigenvalue weighted by atomic mass is 10.1. The Balaban J connectivity index is 2.50. The molecule has 1 saturated heterocycles. The first-order valence-electron chi connectivity index (χ1n) is 5.32. The zero-order valence-electron chi connectivity index (χ0n) is 8.78. The fourth-order valence-corrected chi connectivity index (χ4v) is 1.97. The van der Waals surface area contributed by atoms with Gasteiger partial charge in [0.05, 0.1) is 12.6 Å². The first-order chi connectivity index (χ1) is 6.70. The van der Waals surface area contributed by atoms with Crippen molar-refractivity contribution in [1.29, 1.82) is 0 Å². The zero-order valence-corrected chi connectivity index (χ0v) is 8.78. The van der Waals surface area contributed by atoms with Crippen molar-refractivity contribution >= 4 is 5.91 Å². The monoisotopic (exact) mass is 200 g/mol. The maximum Gasteiger partial charge on any atom is 0.225 e. The lowest BCUT2D eigenvalue weighted by Gasteiger charge is -2.26. The highest BCUT2D eigenvalue weighted by Crippen LogP contribution is 2.20. The van der Waals surface area contributed by atoms with E-state index in [1.54, 1.807) is 4.90 Å². The first kappa shape index (κ1) is 11.5. The Labute approximate surface area is 85.1 Å². The quantitative estimate of drug-likeness (QED) is 0.669. The van der Waals surface area contributed by atoms with Crippen LogP contribution in [0.4, 0.5) is 0 Å². The smallest absolute Gasteiger partial charge is 0.225 e. The van der Waals surface area contributed by atoms with Gasteiger partial charge >= 0.3 is 0 Å². The molecule has 1 unspecified atom stereocenters. The molecule has 4 nitrogen and oxygen atoms in total. The number of hydrogen-bond donors (Lipinski definition) is 2. The van der Waals surface area contributed by atoms with E-state index in [2.05, 4.69) is 0 Å². The molecule has 0 aliphatic carbocycles. The van der Waals surface area contributed by atoms with Crippen LogP contribution in [0.25, 0.3) is 0 Å². The zero-order chi connectivity index (χ0) is 10.6. The second-order valence-corrected chi connectivity index (χ2v) is 3.99. The molecule has 1 amide bonds. The Morgan fingerprint density at radius 3 is 3.00 bits per heavy atom. The highest BCUT2D eigenvalue weighted by atomic mass is 16.3. The topological polar surface area (TPSA) is 66.6 Å². The van der Waals surface area contributed by atoms with Crippen LogP contribution in [0.15, 0.2) is 0 Å². The third-order valence-electron chi connectivity index (χ3n) is 2.89. The summed E-state index contributed by atoms with van der Waals surface area (Å²) in [5, 5.41) is 9.08. The van der Waals surface area contributed by atoms with Crippen molar-refractivity contribution in [1.82, 2.24) is 4.90 Å². The standard InChI is InChI=1S/C10H20N2O2/c1-8(4-5-11)10(14)12-6-2-3-9(12)7-13/h8-9,13H,2-7,11H2,1H3/t8?,9-/m0/s1. The third kappa shape index (κ3) is 2.45. The SMILES string of the molecule is CC(CCN)C(=O)N1CCC[C@H]1CO. The summed E-state index contributed by atoms with van der Waals surface area (Å²) in [5.41, 5.74) is 5.41. The van der Waals surface area contributed by atoms with Gasteiger partial charge in [-0.3, -0.25) is 4.79 Å². The van der Waals surface area contributed by atoms with Crippen LogP contribution in [0.5, 0.6) is 0 Å². The molecule has 1 fully saturated rings. The molecular formula is C10H20N2O2. The molecule has 1 aliphatic heterocycles. The Kier molecular flexibility index (Phi) is 4.35. The molecule has 0 saturated carbocycles. The Hall–Kier alpha value is -0.610. The molecule has 0 aromatic carbocycles. The van der Waals surface area contributed by atoms with Crippen LogP contribution in [0.2, 0.25) is 0 Å². The van der Waals surface area contributed by atoms with Gasteiger partial charge in [0.25, 0.3) is 0 Å². The van der Waals surface area contributed by atoms with E-state index >= 15 is 0 Å². The van der Waals surface area contributed by atoms with Gasteiger partial charge in [0, 0.05) is 12.5 Å². The van der Waals surface area contributed by atoms with Crippen molar-refractivity contribution in [3.63, 3.8) is 0 Å². The van der Waals surface area contributed by atoms with Crippen LogP contribution in [-0.2, 0) is 4.79 Å². The van der Waals surface area contributed by atoms with E-state index in [0.717, 1.165) is 25.8 Å². The molecular weight excluding hydrogens is 180 g/mol. The number of aliphatic hydroxyl groups excluding tert-OH is 1. The first-order valence-corrected chi connectivity index (χ1v) is 5.32. The van der Waals surface area contributed by atoms with Gasteiger partial charge in [-0.15, -0.1) is 0 Å². The lowest BCUT2D eigenvalue weighted by Crippen LogP contribution is -2.41. The van der Waals surface area contributed by atoms with Crippen molar-refractivity contribution in [3.8, 4) is 0 Å². The van der Waals surface area contributed by atoms with Crippen LogP contribution < -0.4 is 5.73 Å². The Morgan fingerprint density at radius 2 is 2.43 bits per heavy atom. The Morgan fingerprint density at radius 1 is 1.71 bits per heavy atom. The number of carbonyl (C=O) groups excluding carboxylic acids is 1. The van der Waals surface area contributed by atoms with Crippen LogP contribution in [0.3, 0.4) is 0 Å². The van der Waals surface area contributed by atoms with E-state index in [0.29, 0.717) is 6.54 Å². The molecule has 0 aromatic rings. The summed E-state index contributed by atoms with van der Waals surface area (Å²) in [7, 11) is 0. The summed E-state index contributed by atoms with van der Waals surface area (Å²) in [5.74, 6) is 0.138. The summed E-state index contributed by atoms with van der Waals surface area (Å²) in [4.78, 5) is 13.7. The number of nitrogens with zero attached hydrogens (tertiary/aromatic N) is 1. The number of hydrogen-bond acceptors (Lipinski definition) is 3. The maximum atomic E-state index is 11.9. The van der Waals surface area contributed by atoms with E-state index in [1.165, 1.54) is 0 Å². The predicted octanol–water partition coefficient (Wildman–Crippen LogP) is -0.0454. The molecule has 14 heavy (non-hydrogen) atoms. The van der Waals surface area contributed by atoms with E-state index in [-0.39, 0.29) is 24.5 Å². The van der Waals surface area contributed by atoms with Gasteiger partial charge in [0.15, 0.2) is 0 Å². The molecule has 2 atom stereocenters. The Bertz CT molecular complexity index is 197. The van der Waals surface area contributed by atoms with Crippen LogP contribution in [-0.4, -0.2) is 41.7 Å². The summed E-state index contributed by atoms with van der Waals surface area (Å²) >= 11 is 0. The second-order valence-electron chi connectivity index (χ2n) is 3.99. The summed E-state index contributed by atoms with van der Waals surface area (Å²) in [6.07, 6.45) is 2.66. The van der Waals surface area contributed by atoms with Crippen molar-refractivity contribution in [2.45, 2.75) is 32.2 Å². The number of carbonyl (C=O) groups is 1. The summed E-state index contributed by atoms with van der Waals surface area (Å²) < 4.78 is 0. The van der Waals surface area contributed by atoms with Gasteiger partial charge in [0.1, 0.15) is 0 Å². The van der Waals surface area contributed by atoms with E-state index in [1.807, 2.05) is 6.92 Å². The van der Waals surface area contributed by atoms with Crippen molar-refractivity contribution < 1.29 is 9.90 Å². The minimum absolute atomic E-state index is 0.00727. The van der Waals surface area contributed by atoms with Crippen LogP contribution in [0, 0.1) is 5.92 Å². The maximum absolute atomic E-state index is 11.9. The molecule has 0 bridgehead atoms. The molecule has 3 N–H and O–H groups in total. The van der Waals surface area contributed by atoms with Crippen molar-refractivity contribution in [2.24, 2.45) is 11.7 Å². The number of likely N-dealkylation sites (tertiary alicyclic amines) is 1. The van der Waals surface area contributed by atoms with Crippen molar-refractivity contribution in [2.75, 3.05) is 19.7 Å². The van der Waals surface area contributed by atoms with Crippen LogP contribution >= 0.6 is 0 Å². The van der Waals surface area contributed by atoms with E-state index in [9.17, 15) is 4.79 Å². The molecule has 4 heteroatoms. The number of aliphatic hydroxyl groups is 1. The summed E-state index contributed by atoms with van der Waals surface area (Å²) in [6.45, 7) is 3.33. The minimum Gasteiger partial charge on any atom is -0.394 e. The van der Waals surface area contributed by atoms with Gasteiger partial charge < -0.3 is 15.7 Å². The van der Waals surface area contributed by atoms with Gasteiger partial charge in [-0.25, -0.2) is 0 Å². The highest BCUT2D eigenvalue weighted by Gasteiger charge is 2.30. The highest BCUT2D eigenvalue weighted by molar-refractivity contribution is 5.79. The van der Waals surface area contributed by atoms with Gasteiger partial charge in [0.2, 0.25) is 5.91 Å². The lowest BCUT2D eigenvalue weighted by molar-refractivity contribution is -0.136. The number of rotatable bonds is 4. The molecule has 0 radical (unpaired) electrons. The average Bonchev–Trinajstić information content (AvgIpc) is 2.64. The molecule has 0 spiro atoms. The molecule has 1 rings (SSSR count). The summed E-state index contributed by atoms with van der Waals surface area (Å²) in [6, 6.07) is 0.0442. The fourth-order valence-electron chi connectivity index (χ4n) is 1.97. The molecule has 0 aromatic heterocycles. The molecule has 82 valence electrons. The molecule has 1 heterocycles. The van der Waals surface area contributed by atoms with E-state index in [4.69, 9.17) is 10.8 Å². The van der Waals surface area contributed by atoms with E-state index < -0.39 is 0 Å². The van der Waals surface area contributed by atoms with Gasteiger partial charge in [-0.1, -0.05) is 6.92 Å². The largest absolute Gasteiger partial charge is 0.394 e. The second kappa shape index (κ2) is 5.32. The third-order valence-corrected chi connectivity index (χ3v) is 2.89.